The highest BCUT2D eigenvalue weighted by atomic mass is 35.5. The molecule has 74 valence electrons. The first-order valence-corrected chi connectivity index (χ1v) is 5.06. The maximum Gasteiger partial charge on any atom is 0.0707 e. The molecule has 3 heteroatoms. The molecule has 0 aliphatic carbocycles. The highest BCUT2D eigenvalue weighted by molar-refractivity contribution is 6.33. The van der Waals surface area contributed by atoms with Crippen molar-refractivity contribution in [2.45, 2.75) is 20.3 Å². The van der Waals surface area contributed by atoms with E-state index in [4.69, 9.17) is 11.6 Å². The summed E-state index contributed by atoms with van der Waals surface area (Å²) in [5, 5.41) is 3.94. The predicted octanol–water partition coefficient (Wildman–Crippen LogP) is 3.17. The van der Waals surface area contributed by atoms with Gasteiger partial charge in [0.15, 0.2) is 0 Å². The van der Waals surface area contributed by atoms with Crippen LogP contribution in [0, 0.1) is 0 Å². The molecule has 0 spiro atoms. The van der Waals surface area contributed by atoms with E-state index in [1.165, 1.54) is 0 Å². The Morgan fingerprint density at radius 3 is 2.79 bits per heavy atom. The first-order valence-electron chi connectivity index (χ1n) is 4.68. The Hall–Kier alpha value is -1.15. The molecular formula is C11H13ClN2. The molecule has 2 heterocycles. The van der Waals surface area contributed by atoms with Crippen LogP contribution in [0.25, 0.3) is 11.3 Å². The number of hydrogen-bond acceptors (Lipinski definition) is 1. The van der Waals surface area contributed by atoms with Crippen LogP contribution < -0.4 is 5.32 Å². The van der Waals surface area contributed by atoms with Crippen LogP contribution in [0.15, 0.2) is 12.8 Å². The number of aryl methyl sites for hydroxylation is 1. The molecule has 1 aromatic rings. The van der Waals surface area contributed by atoms with Crippen molar-refractivity contribution in [1.29, 1.82) is 0 Å². The van der Waals surface area contributed by atoms with Gasteiger partial charge < -0.3 is 10.3 Å². The molecule has 0 atom stereocenters. The molecule has 2 nitrogen and oxygen atoms in total. The van der Waals surface area contributed by atoms with Crippen LogP contribution in [-0.4, -0.2) is 4.98 Å². The number of rotatable bonds is 1. The van der Waals surface area contributed by atoms with Gasteiger partial charge in [-0.25, -0.2) is 0 Å². The maximum atomic E-state index is 6.26. The third kappa shape index (κ3) is 1.18. The summed E-state index contributed by atoms with van der Waals surface area (Å²) < 4.78 is 0. The van der Waals surface area contributed by atoms with Crippen molar-refractivity contribution < 1.29 is 0 Å². The Morgan fingerprint density at radius 2 is 2.21 bits per heavy atom. The average Bonchev–Trinajstić information content (AvgIpc) is 2.51. The number of allylic oxidation sites excluding steroid dienone is 1. The molecule has 1 aromatic heterocycles. The van der Waals surface area contributed by atoms with Crippen LogP contribution in [0.4, 0.5) is 0 Å². The summed E-state index contributed by atoms with van der Waals surface area (Å²) in [6.45, 7) is 8.05. The summed E-state index contributed by atoms with van der Waals surface area (Å²) in [6, 6.07) is 0. The van der Waals surface area contributed by atoms with Crippen LogP contribution >= 0.6 is 11.6 Å². The Morgan fingerprint density at radius 1 is 1.50 bits per heavy atom. The van der Waals surface area contributed by atoms with E-state index in [1.807, 2.05) is 13.1 Å². The molecule has 0 saturated heterocycles. The van der Waals surface area contributed by atoms with Gasteiger partial charge in [-0.3, -0.25) is 0 Å². The largest absolute Gasteiger partial charge is 0.360 e. The number of halogens is 1. The lowest BCUT2D eigenvalue weighted by Crippen LogP contribution is -2.10. The van der Waals surface area contributed by atoms with Gasteiger partial charge in [-0.05, 0) is 18.9 Å². The van der Waals surface area contributed by atoms with Crippen LogP contribution in [0.1, 0.15) is 30.8 Å². The molecule has 14 heavy (non-hydrogen) atoms. The minimum absolute atomic E-state index is 0.832. The second kappa shape index (κ2) is 3.21. The van der Waals surface area contributed by atoms with Gasteiger partial charge in [0.1, 0.15) is 0 Å². The number of aromatic nitrogens is 1. The molecule has 0 radical (unpaired) electrons. The summed E-state index contributed by atoms with van der Waals surface area (Å²) in [5.74, 6) is 0. The van der Waals surface area contributed by atoms with Gasteiger partial charge in [-0.15, -0.1) is 0 Å². The SMILES string of the molecule is C=C1NC=C(C)c2c1[nH]c(CC)c2Cl. The van der Waals surface area contributed by atoms with Crippen molar-refractivity contribution in [3.8, 4) is 0 Å². The summed E-state index contributed by atoms with van der Waals surface area (Å²) in [5.41, 5.74) is 5.22. The smallest absolute Gasteiger partial charge is 0.0707 e. The minimum Gasteiger partial charge on any atom is -0.360 e. The van der Waals surface area contributed by atoms with E-state index >= 15 is 0 Å². The maximum absolute atomic E-state index is 6.26. The quantitative estimate of drug-likeness (QED) is 0.729. The first kappa shape index (κ1) is 9.41. The Kier molecular flexibility index (Phi) is 2.16. The van der Waals surface area contributed by atoms with Gasteiger partial charge >= 0.3 is 0 Å². The molecule has 2 N–H and O–H groups in total. The van der Waals surface area contributed by atoms with E-state index in [1.54, 1.807) is 0 Å². The monoisotopic (exact) mass is 208 g/mol. The molecule has 0 bridgehead atoms. The van der Waals surface area contributed by atoms with Crippen LogP contribution in [0.2, 0.25) is 5.02 Å². The summed E-state index contributed by atoms with van der Waals surface area (Å²) in [6.07, 6.45) is 2.84. The first-order chi connectivity index (χ1) is 6.65. The molecule has 0 aromatic carbocycles. The number of fused-ring (bicyclic) bond motifs is 1. The molecular weight excluding hydrogens is 196 g/mol. The molecule has 0 unspecified atom stereocenters. The van der Waals surface area contributed by atoms with Crippen LogP contribution in [0.3, 0.4) is 0 Å². The Labute approximate surface area is 88.7 Å². The zero-order valence-corrected chi connectivity index (χ0v) is 9.13. The summed E-state index contributed by atoms with van der Waals surface area (Å²) in [4.78, 5) is 3.30. The lowest BCUT2D eigenvalue weighted by molar-refractivity contribution is 1.05. The van der Waals surface area contributed by atoms with E-state index < -0.39 is 0 Å². The van der Waals surface area contributed by atoms with Gasteiger partial charge in [0.05, 0.1) is 16.4 Å². The molecule has 1 aliphatic heterocycles. The Balaban J connectivity index is 2.67. The van der Waals surface area contributed by atoms with Crippen molar-refractivity contribution in [3.63, 3.8) is 0 Å². The summed E-state index contributed by atoms with van der Waals surface area (Å²) in [7, 11) is 0. The second-order valence-electron chi connectivity index (χ2n) is 3.47. The van der Waals surface area contributed by atoms with Gasteiger partial charge in [-0.2, -0.15) is 0 Å². The molecule has 0 saturated carbocycles. The van der Waals surface area contributed by atoms with E-state index in [9.17, 15) is 0 Å². The van der Waals surface area contributed by atoms with Crippen molar-refractivity contribution in [1.82, 2.24) is 10.3 Å². The van der Waals surface area contributed by atoms with E-state index in [-0.39, 0.29) is 0 Å². The van der Waals surface area contributed by atoms with Crippen LogP contribution in [-0.2, 0) is 6.42 Å². The fraction of sp³-hybridized carbons (Fsp3) is 0.273. The van der Waals surface area contributed by atoms with E-state index in [2.05, 4.69) is 23.8 Å². The number of aromatic amines is 1. The third-order valence-corrected chi connectivity index (χ3v) is 2.94. The van der Waals surface area contributed by atoms with Gasteiger partial charge in [0.2, 0.25) is 0 Å². The van der Waals surface area contributed by atoms with Gasteiger partial charge in [0.25, 0.3) is 0 Å². The van der Waals surface area contributed by atoms with Crippen molar-refractivity contribution >= 4 is 22.9 Å². The van der Waals surface area contributed by atoms with Gasteiger partial charge in [0, 0.05) is 17.5 Å². The average molecular weight is 209 g/mol. The lowest BCUT2D eigenvalue weighted by Gasteiger charge is -2.14. The number of hydrogen-bond donors (Lipinski definition) is 2. The molecule has 1 aliphatic rings. The predicted molar refractivity (Wildman–Crippen MR) is 61.0 cm³/mol. The normalized spacial score (nSPS) is 14.8. The zero-order chi connectivity index (χ0) is 10.3. The molecule has 0 amide bonds. The number of nitrogens with one attached hydrogen (secondary N) is 2. The van der Waals surface area contributed by atoms with Crippen molar-refractivity contribution in [2.24, 2.45) is 0 Å². The fourth-order valence-corrected chi connectivity index (χ4v) is 2.13. The topological polar surface area (TPSA) is 27.8 Å². The molecule has 0 fully saturated rings. The third-order valence-electron chi connectivity index (χ3n) is 2.52. The highest BCUT2D eigenvalue weighted by Gasteiger charge is 2.20. The van der Waals surface area contributed by atoms with Crippen LogP contribution in [0.5, 0.6) is 0 Å². The minimum atomic E-state index is 0.832. The fourth-order valence-electron chi connectivity index (χ4n) is 1.71. The standard InChI is InChI=1S/C11H13ClN2/c1-4-8-10(12)9-6(2)5-13-7(3)11(9)14-8/h5,13-14H,3-4H2,1-2H3. The summed E-state index contributed by atoms with van der Waals surface area (Å²) >= 11 is 6.26. The molecule has 2 rings (SSSR count). The Bertz CT molecular complexity index is 427. The lowest BCUT2D eigenvalue weighted by atomic mass is 10.0. The highest BCUT2D eigenvalue weighted by Crippen LogP contribution is 2.35. The van der Waals surface area contributed by atoms with E-state index in [0.717, 1.165) is 39.7 Å². The van der Waals surface area contributed by atoms with Crippen molar-refractivity contribution in [3.05, 3.63) is 34.8 Å². The van der Waals surface area contributed by atoms with Gasteiger partial charge in [-0.1, -0.05) is 25.1 Å². The van der Waals surface area contributed by atoms with Crippen molar-refractivity contribution in [2.75, 3.05) is 0 Å². The zero-order valence-electron chi connectivity index (χ0n) is 8.37. The van der Waals surface area contributed by atoms with E-state index in [0.29, 0.717) is 0 Å². The second-order valence-corrected chi connectivity index (χ2v) is 3.85. The number of H-pyrrole nitrogens is 1.